The highest BCUT2D eigenvalue weighted by molar-refractivity contribution is 5.71. The van der Waals surface area contributed by atoms with Crippen LogP contribution in [0.15, 0.2) is 72.9 Å². The Bertz CT molecular complexity index is 1520. The lowest BCUT2D eigenvalue weighted by Gasteiger charge is -2.18. The molecule has 0 bridgehead atoms. The van der Waals surface area contributed by atoms with Crippen LogP contribution in [-0.2, 0) is 28.6 Å². The normalized spacial score (nSPS) is 12.5. The van der Waals surface area contributed by atoms with Gasteiger partial charge in [-0.3, -0.25) is 14.4 Å². The summed E-state index contributed by atoms with van der Waals surface area (Å²) in [6, 6.07) is 0. The number of unbranched alkanes of at least 4 members (excludes halogenated alkanes) is 44. The summed E-state index contributed by atoms with van der Waals surface area (Å²) in [5, 5.41) is 0. The lowest BCUT2D eigenvalue weighted by molar-refractivity contribution is -0.167. The summed E-state index contributed by atoms with van der Waals surface area (Å²) in [6.45, 7) is 6.53. The Morgan fingerprint density at radius 3 is 0.759 bits per heavy atom. The fraction of sp³-hybridized carbons (Fsp3) is 0.805. The Balaban J connectivity index is 4.10. The molecule has 0 aromatic carbocycles. The summed E-state index contributed by atoms with van der Waals surface area (Å²) in [5.74, 6) is -0.898. The van der Waals surface area contributed by atoms with Crippen molar-refractivity contribution in [1.82, 2.24) is 0 Å². The topological polar surface area (TPSA) is 78.9 Å². The van der Waals surface area contributed by atoms with Crippen LogP contribution >= 0.6 is 0 Å². The number of rotatable bonds is 67. The Morgan fingerprint density at radius 2 is 0.470 bits per heavy atom. The van der Waals surface area contributed by atoms with E-state index in [1.807, 2.05) is 0 Å². The molecule has 0 saturated heterocycles. The van der Waals surface area contributed by atoms with Gasteiger partial charge in [-0.05, 0) is 109 Å². The third kappa shape index (κ3) is 69.5. The molecule has 0 heterocycles. The Labute approximate surface area is 516 Å². The quantitative estimate of drug-likeness (QED) is 0.0261. The van der Waals surface area contributed by atoms with Gasteiger partial charge < -0.3 is 14.2 Å². The van der Waals surface area contributed by atoms with Gasteiger partial charge in [-0.2, -0.15) is 0 Å². The second-order valence-corrected chi connectivity index (χ2v) is 24.5. The van der Waals surface area contributed by atoms with E-state index >= 15 is 0 Å². The second-order valence-electron chi connectivity index (χ2n) is 24.5. The number of hydrogen-bond donors (Lipinski definition) is 0. The van der Waals surface area contributed by atoms with E-state index in [-0.39, 0.29) is 31.1 Å². The predicted octanol–water partition coefficient (Wildman–Crippen LogP) is 25.2. The molecule has 0 aromatic rings. The van der Waals surface area contributed by atoms with E-state index in [9.17, 15) is 14.4 Å². The molecule has 0 N–H and O–H groups in total. The van der Waals surface area contributed by atoms with Gasteiger partial charge in [-0.25, -0.2) is 0 Å². The molecule has 0 spiro atoms. The fourth-order valence-corrected chi connectivity index (χ4v) is 10.7. The molecule has 0 radical (unpaired) electrons. The van der Waals surface area contributed by atoms with Crippen molar-refractivity contribution in [2.45, 2.75) is 386 Å². The van der Waals surface area contributed by atoms with E-state index in [1.54, 1.807) is 0 Å². The summed E-state index contributed by atoms with van der Waals surface area (Å²) in [7, 11) is 0. The SMILES string of the molecule is CC/C=C\C/C=C\C/C=C\CCCCCC(=O)OCC(COC(=O)CCCCCCCCCCCCCCCCCCCCCCCCC/C=C\C/C=C\CCCCCCC)OC(=O)CCCCCCCCC/C=C\CCCCCCCC. The summed E-state index contributed by atoms with van der Waals surface area (Å²) >= 11 is 0. The van der Waals surface area contributed by atoms with Crippen molar-refractivity contribution in [3.63, 3.8) is 0 Å². The van der Waals surface area contributed by atoms with Crippen molar-refractivity contribution >= 4 is 17.9 Å². The standard InChI is InChI=1S/C77H138O6/c1-4-7-10-13-16-19-22-25-27-29-30-31-32-33-34-35-36-37-38-39-40-41-42-43-44-45-46-48-49-52-55-58-61-64-67-70-76(79)82-73-74(72-81-75(78)69-66-63-60-57-54-51-24-21-18-15-12-9-6-3)83-77(80)71-68-65-62-59-56-53-50-47-28-26-23-20-17-14-11-8-5-2/h9,12,18,21-22,25-26,28-30,51,54,74H,4-8,10-11,13-17,19-20,23-24,27,31-50,52-53,55-73H2,1-3H3/b12-9-,21-18-,25-22-,28-26-,30-29-,54-51-. The van der Waals surface area contributed by atoms with Crippen LogP contribution in [0, 0.1) is 0 Å². The summed E-state index contributed by atoms with van der Waals surface area (Å²) in [5.41, 5.74) is 0. The molecule has 0 aliphatic heterocycles. The molecule has 0 aliphatic rings. The summed E-state index contributed by atoms with van der Waals surface area (Å²) < 4.78 is 16.9. The zero-order valence-corrected chi connectivity index (χ0v) is 55.5. The summed E-state index contributed by atoms with van der Waals surface area (Å²) in [4.78, 5) is 38.4. The molecule has 83 heavy (non-hydrogen) atoms. The first-order chi connectivity index (χ1) is 41.0. The molecule has 482 valence electrons. The van der Waals surface area contributed by atoms with Crippen molar-refractivity contribution in [3.05, 3.63) is 72.9 Å². The van der Waals surface area contributed by atoms with Crippen molar-refractivity contribution in [2.75, 3.05) is 13.2 Å². The number of hydrogen-bond acceptors (Lipinski definition) is 6. The van der Waals surface area contributed by atoms with E-state index < -0.39 is 6.10 Å². The minimum absolute atomic E-state index is 0.0827. The number of carbonyl (C=O) groups excluding carboxylic acids is 3. The van der Waals surface area contributed by atoms with E-state index in [0.717, 1.165) is 89.9 Å². The van der Waals surface area contributed by atoms with Gasteiger partial charge in [-0.15, -0.1) is 0 Å². The zero-order valence-electron chi connectivity index (χ0n) is 55.5. The van der Waals surface area contributed by atoms with Crippen molar-refractivity contribution in [3.8, 4) is 0 Å². The highest BCUT2D eigenvalue weighted by atomic mass is 16.6. The first kappa shape index (κ1) is 79.8. The Hall–Kier alpha value is -3.15. The summed E-state index contributed by atoms with van der Waals surface area (Å²) in [6.07, 6.45) is 93.9. The fourth-order valence-electron chi connectivity index (χ4n) is 10.7. The first-order valence-electron chi connectivity index (χ1n) is 36.4. The van der Waals surface area contributed by atoms with E-state index in [4.69, 9.17) is 14.2 Å². The molecule has 0 rings (SSSR count). The van der Waals surface area contributed by atoms with Crippen molar-refractivity contribution < 1.29 is 28.6 Å². The van der Waals surface area contributed by atoms with Crippen LogP contribution in [0.25, 0.3) is 0 Å². The molecule has 6 heteroatoms. The van der Waals surface area contributed by atoms with Gasteiger partial charge in [0.25, 0.3) is 0 Å². The predicted molar refractivity (Wildman–Crippen MR) is 362 cm³/mol. The van der Waals surface area contributed by atoms with Gasteiger partial charge in [0, 0.05) is 19.3 Å². The van der Waals surface area contributed by atoms with Crippen LogP contribution in [0.2, 0.25) is 0 Å². The van der Waals surface area contributed by atoms with Crippen LogP contribution in [0.1, 0.15) is 380 Å². The number of ether oxygens (including phenoxy) is 3. The maximum absolute atomic E-state index is 12.9. The van der Waals surface area contributed by atoms with Crippen molar-refractivity contribution in [2.24, 2.45) is 0 Å². The van der Waals surface area contributed by atoms with Gasteiger partial charge in [-0.1, -0.05) is 325 Å². The maximum Gasteiger partial charge on any atom is 0.306 e. The Kier molecular flexibility index (Phi) is 68.6. The number of esters is 3. The third-order valence-corrected chi connectivity index (χ3v) is 16.2. The zero-order chi connectivity index (χ0) is 59.9. The molecule has 1 unspecified atom stereocenters. The average molecular weight is 1160 g/mol. The van der Waals surface area contributed by atoms with Gasteiger partial charge in [0.2, 0.25) is 0 Å². The van der Waals surface area contributed by atoms with Gasteiger partial charge in [0.1, 0.15) is 13.2 Å². The molecule has 0 fully saturated rings. The van der Waals surface area contributed by atoms with Gasteiger partial charge >= 0.3 is 17.9 Å². The second kappa shape index (κ2) is 71.3. The molecular weight excluding hydrogens is 1020 g/mol. The lowest BCUT2D eigenvalue weighted by atomic mass is 10.0. The third-order valence-electron chi connectivity index (χ3n) is 16.2. The Morgan fingerprint density at radius 1 is 0.253 bits per heavy atom. The minimum atomic E-state index is -0.789. The maximum atomic E-state index is 12.9. The van der Waals surface area contributed by atoms with E-state index in [2.05, 4.69) is 93.7 Å². The van der Waals surface area contributed by atoms with E-state index in [1.165, 1.54) is 250 Å². The molecule has 0 saturated carbocycles. The lowest BCUT2D eigenvalue weighted by Crippen LogP contribution is -2.30. The van der Waals surface area contributed by atoms with Gasteiger partial charge in [0.15, 0.2) is 6.10 Å². The van der Waals surface area contributed by atoms with E-state index in [0.29, 0.717) is 19.3 Å². The number of carbonyl (C=O) groups is 3. The van der Waals surface area contributed by atoms with Gasteiger partial charge in [0.05, 0.1) is 0 Å². The molecule has 0 amide bonds. The monoisotopic (exact) mass is 1160 g/mol. The van der Waals surface area contributed by atoms with Crippen LogP contribution in [0.5, 0.6) is 0 Å². The average Bonchev–Trinajstić information content (AvgIpc) is 3.49. The first-order valence-corrected chi connectivity index (χ1v) is 36.4. The van der Waals surface area contributed by atoms with Crippen molar-refractivity contribution in [1.29, 1.82) is 0 Å². The smallest absolute Gasteiger partial charge is 0.306 e. The molecule has 1 atom stereocenters. The molecule has 0 aromatic heterocycles. The van der Waals surface area contributed by atoms with Crippen LogP contribution < -0.4 is 0 Å². The van der Waals surface area contributed by atoms with Crippen LogP contribution in [0.3, 0.4) is 0 Å². The highest BCUT2D eigenvalue weighted by Crippen LogP contribution is 2.18. The van der Waals surface area contributed by atoms with Crippen LogP contribution in [-0.4, -0.2) is 37.2 Å². The number of allylic oxidation sites excluding steroid dienone is 12. The molecule has 0 aliphatic carbocycles. The molecular formula is C77H138O6. The molecule has 6 nitrogen and oxygen atoms in total. The van der Waals surface area contributed by atoms with Crippen LogP contribution in [0.4, 0.5) is 0 Å². The minimum Gasteiger partial charge on any atom is -0.462 e. The highest BCUT2D eigenvalue weighted by Gasteiger charge is 2.19. The largest absolute Gasteiger partial charge is 0.462 e.